The first-order chi connectivity index (χ1) is 6.65. The van der Waals surface area contributed by atoms with Crippen molar-refractivity contribution < 1.29 is 9.18 Å². The van der Waals surface area contributed by atoms with Crippen LogP contribution in [0, 0.1) is 11.2 Å². The Morgan fingerprint density at radius 1 is 1.57 bits per heavy atom. The Morgan fingerprint density at radius 3 is 2.86 bits per heavy atom. The molecule has 0 aromatic heterocycles. The average molecular weight is 194 g/mol. The summed E-state index contributed by atoms with van der Waals surface area (Å²) in [7, 11) is 0. The highest BCUT2D eigenvalue weighted by Gasteiger charge is 2.04. The molecule has 0 spiro atoms. The Morgan fingerprint density at radius 2 is 2.29 bits per heavy atom. The number of hydrogen-bond donors (Lipinski definition) is 2. The van der Waals surface area contributed by atoms with Crippen LogP contribution in [-0.2, 0) is 11.2 Å². The van der Waals surface area contributed by atoms with Crippen LogP contribution in [0.3, 0.4) is 0 Å². The summed E-state index contributed by atoms with van der Waals surface area (Å²) in [6, 6.07) is 4.21. The zero-order valence-electron chi connectivity index (χ0n) is 7.59. The predicted molar refractivity (Wildman–Crippen MR) is 51.8 cm³/mol. The highest BCUT2D eigenvalue weighted by atomic mass is 19.1. The summed E-state index contributed by atoms with van der Waals surface area (Å²) in [5, 5.41) is 7.17. The van der Waals surface area contributed by atoms with Gasteiger partial charge in [-0.2, -0.15) is 0 Å². The van der Waals surface area contributed by atoms with Crippen molar-refractivity contribution in [3.63, 3.8) is 0 Å². The molecule has 0 aliphatic carbocycles. The normalized spacial score (nSPS) is 9.79. The second kappa shape index (κ2) is 4.50. The fourth-order valence-electron chi connectivity index (χ4n) is 1.15. The Labute approximate surface area is 81.2 Å². The van der Waals surface area contributed by atoms with E-state index in [1.165, 1.54) is 18.2 Å². The van der Waals surface area contributed by atoms with Crippen molar-refractivity contribution in [3.05, 3.63) is 35.1 Å². The molecule has 14 heavy (non-hydrogen) atoms. The summed E-state index contributed by atoms with van der Waals surface area (Å²) >= 11 is 0. The maximum Gasteiger partial charge on any atom is 0.126 e. The van der Waals surface area contributed by atoms with Gasteiger partial charge in [0, 0.05) is 12.0 Å². The van der Waals surface area contributed by atoms with E-state index < -0.39 is 0 Å². The number of hydrogen-bond acceptors (Lipinski definition) is 2. The Bertz CT molecular complexity index is 363. The predicted octanol–water partition coefficient (Wildman–Crippen LogP) is 1.24. The molecule has 1 aromatic carbocycles. The molecule has 0 fully saturated rings. The van der Waals surface area contributed by atoms with Crippen molar-refractivity contribution >= 4 is 12.1 Å². The van der Waals surface area contributed by atoms with E-state index in [4.69, 9.17) is 11.1 Å². The summed E-state index contributed by atoms with van der Waals surface area (Å²) in [6.45, 7) is 0. The molecular weight excluding hydrogens is 183 g/mol. The van der Waals surface area contributed by atoms with E-state index in [0.29, 0.717) is 17.5 Å². The molecule has 0 heterocycles. The molecule has 0 atom stereocenters. The number of benzene rings is 1. The van der Waals surface area contributed by atoms with Gasteiger partial charge in [-0.25, -0.2) is 4.39 Å². The lowest BCUT2D eigenvalue weighted by molar-refractivity contribution is -0.107. The minimum absolute atomic E-state index is 0.0997. The van der Waals surface area contributed by atoms with Gasteiger partial charge in [0.2, 0.25) is 0 Å². The topological polar surface area (TPSA) is 66.9 Å². The number of nitrogens with one attached hydrogen (secondary N) is 1. The van der Waals surface area contributed by atoms with Crippen LogP contribution >= 0.6 is 0 Å². The van der Waals surface area contributed by atoms with Crippen molar-refractivity contribution in [1.29, 1.82) is 5.41 Å². The van der Waals surface area contributed by atoms with Gasteiger partial charge >= 0.3 is 0 Å². The van der Waals surface area contributed by atoms with Crippen LogP contribution in [0.25, 0.3) is 0 Å². The summed E-state index contributed by atoms with van der Waals surface area (Å²) in [5.41, 5.74) is 6.15. The third-order valence-electron chi connectivity index (χ3n) is 1.89. The van der Waals surface area contributed by atoms with Crippen molar-refractivity contribution in [2.24, 2.45) is 5.73 Å². The highest BCUT2D eigenvalue weighted by molar-refractivity contribution is 5.95. The van der Waals surface area contributed by atoms with E-state index in [2.05, 4.69) is 0 Å². The number of aryl methyl sites for hydroxylation is 1. The molecule has 0 radical (unpaired) electrons. The van der Waals surface area contributed by atoms with E-state index in [1.807, 2.05) is 0 Å². The van der Waals surface area contributed by atoms with E-state index in [1.54, 1.807) is 0 Å². The lowest BCUT2D eigenvalue weighted by Crippen LogP contribution is -2.11. The van der Waals surface area contributed by atoms with Gasteiger partial charge in [-0.05, 0) is 30.2 Å². The van der Waals surface area contributed by atoms with Crippen LogP contribution in [0.5, 0.6) is 0 Å². The monoisotopic (exact) mass is 194 g/mol. The number of halogens is 1. The number of amidine groups is 1. The van der Waals surface area contributed by atoms with Crippen LogP contribution in [0.1, 0.15) is 17.5 Å². The van der Waals surface area contributed by atoms with Crippen LogP contribution in [0.4, 0.5) is 4.39 Å². The maximum atomic E-state index is 13.1. The molecule has 0 aliphatic heterocycles. The van der Waals surface area contributed by atoms with Crippen molar-refractivity contribution in [2.75, 3.05) is 0 Å². The van der Waals surface area contributed by atoms with Crippen LogP contribution in [-0.4, -0.2) is 12.1 Å². The Kier molecular flexibility index (Phi) is 3.34. The molecule has 0 saturated heterocycles. The molecule has 0 amide bonds. The van der Waals surface area contributed by atoms with Gasteiger partial charge in [-0.1, -0.05) is 0 Å². The molecular formula is C10H11FN2O. The van der Waals surface area contributed by atoms with E-state index in [0.717, 1.165) is 6.29 Å². The number of rotatable bonds is 4. The molecule has 3 nitrogen and oxygen atoms in total. The highest BCUT2D eigenvalue weighted by Crippen LogP contribution is 2.11. The van der Waals surface area contributed by atoms with E-state index in [-0.39, 0.29) is 18.1 Å². The molecule has 1 rings (SSSR count). The summed E-state index contributed by atoms with van der Waals surface area (Å²) in [6.07, 6.45) is 1.36. The summed E-state index contributed by atoms with van der Waals surface area (Å²) in [4.78, 5) is 10.1. The molecule has 0 bridgehead atoms. The van der Waals surface area contributed by atoms with Crippen LogP contribution in [0.15, 0.2) is 18.2 Å². The van der Waals surface area contributed by atoms with Gasteiger partial charge in [-0.15, -0.1) is 0 Å². The zero-order chi connectivity index (χ0) is 10.6. The van der Waals surface area contributed by atoms with Crippen LogP contribution < -0.4 is 5.73 Å². The van der Waals surface area contributed by atoms with Gasteiger partial charge in [0.1, 0.15) is 17.9 Å². The summed E-state index contributed by atoms with van der Waals surface area (Å²) < 4.78 is 13.1. The number of carbonyl (C=O) groups excluding carboxylic acids is 1. The fourth-order valence-corrected chi connectivity index (χ4v) is 1.15. The largest absolute Gasteiger partial charge is 0.384 e. The third kappa shape index (κ3) is 2.39. The summed E-state index contributed by atoms with van der Waals surface area (Å²) in [5.74, 6) is -0.464. The number of aldehydes is 1. The second-order valence-corrected chi connectivity index (χ2v) is 2.93. The number of carbonyl (C=O) groups is 1. The lowest BCUT2D eigenvalue weighted by atomic mass is 10.1. The molecule has 74 valence electrons. The maximum absolute atomic E-state index is 13.1. The average Bonchev–Trinajstić information content (AvgIpc) is 2.16. The molecule has 1 aromatic rings. The van der Waals surface area contributed by atoms with Gasteiger partial charge in [0.15, 0.2) is 0 Å². The van der Waals surface area contributed by atoms with E-state index in [9.17, 15) is 9.18 Å². The molecule has 4 heteroatoms. The Balaban J connectivity index is 2.95. The van der Waals surface area contributed by atoms with Crippen LogP contribution in [0.2, 0.25) is 0 Å². The van der Waals surface area contributed by atoms with Crippen molar-refractivity contribution in [2.45, 2.75) is 12.8 Å². The SMILES string of the molecule is N=C(N)c1ccc(F)c(CCC=O)c1. The van der Waals surface area contributed by atoms with E-state index >= 15 is 0 Å². The minimum atomic E-state index is -0.364. The number of nitrogen functional groups attached to an aromatic ring is 1. The number of nitrogens with two attached hydrogens (primary N) is 1. The zero-order valence-corrected chi connectivity index (χ0v) is 7.59. The third-order valence-corrected chi connectivity index (χ3v) is 1.89. The molecule has 0 unspecified atom stereocenters. The minimum Gasteiger partial charge on any atom is -0.384 e. The van der Waals surface area contributed by atoms with Gasteiger partial charge in [0.25, 0.3) is 0 Å². The Hall–Kier alpha value is -1.71. The van der Waals surface area contributed by atoms with Crippen molar-refractivity contribution in [1.82, 2.24) is 0 Å². The lowest BCUT2D eigenvalue weighted by Gasteiger charge is -2.03. The van der Waals surface area contributed by atoms with Gasteiger partial charge in [-0.3, -0.25) is 5.41 Å². The molecule has 0 aliphatic rings. The standard InChI is InChI=1S/C10H11FN2O/c11-9-4-3-8(10(12)13)6-7(9)2-1-5-14/h3-6H,1-2H2,(H3,12,13). The first-order valence-corrected chi connectivity index (χ1v) is 4.21. The van der Waals surface area contributed by atoms with Gasteiger partial charge in [0.05, 0.1) is 0 Å². The quantitative estimate of drug-likeness (QED) is 0.430. The smallest absolute Gasteiger partial charge is 0.126 e. The fraction of sp³-hybridized carbons (Fsp3) is 0.200. The van der Waals surface area contributed by atoms with Crippen molar-refractivity contribution in [3.8, 4) is 0 Å². The second-order valence-electron chi connectivity index (χ2n) is 2.93. The first kappa shape index (κ1) is 10.4. The molecule has 0 saturated carbocycles. The molecule has 3 N–H and O–H groups in total. The first-order valence-electron chi connectivity index (χ1n) is 4.21. The van der Waals surface area contributed by atoms with Gasteiger partial charge < -0.3 is 10.5 Å².